The van der Waals surface area contributed by atoms with Gasteiger partial charge in [0.15, 0.2) is 5.16 Å². The van der Waals surface area contributed by atoms with Gasteiger partial charge in [-0.3, -0.25) is 4.79 Å². The average molecular weight is 255 g/mol. The first kappa shape index (κ1) is 13.9. The van der Waals surface area contributed by atoms with Crippen LogP contribution >= 0.6 is 11.8 Å². The Bertz CT molecular complexity index is 335. The fourth-order valence-electron chi connectivity index (χ4n) is 1.26. The Morgan fingerprint density at radius 2 is 2.24 bits per heavy atom. The highest BCUT2D eigenvalue weighted by molar-refractivity contribution is 7.99. The normalized spacial score (nSPS) is 12.3. The zero-order chi connectivity index (χ0) is 12.5. The van der Waals surface area contributed by atoms with Gasteiger partial charge in [0.05, 0.1) is 0 Å². The smallest absolute Gasteiger partial charge is 0.320 e. The van der Waals surface area contributed by atoms with Crippen LogP contribution in [0.25, 0.3) is 0 Å². The van der Waals surface area contributed by atoms with Crippen molar-refractivity contribution in [2.24, 2.45) is 0 Å². The number of nitrogens with zero attached hydrogens (tertiary/aromatic N) is 2. The number of aliphatic carboxylic acids is 1. The van der Waals surface area contributed by atoms with E-state index in [1.54, 1.807) is 18.5 Å². The Labute approximate surface area is 105 Å². The molecular weight excluding hydrogens is 238 g/mol. The topological polar surface area (TPSA) is 75.1 Å². The van der Waals surface area contributed by atoms with Gasteiger partial charge in [0.25, 0.3) is 0 Å². The summed E-state index contributed by atoms with van der Waals surface area (Å²) in [4.78, 5) is 19.1. The van der Waals surface area contributed by atoms with Gasteiger partial charge in [0, 0.05) is 18.1 Å². The van der Waals surface area contributed by atoms with Gasteiger partial charge in [-0.15, -0.1) is 0 Å². The molecule has 2 N–H and O–H groups in total. The van der Waals surface area contributed by atoms with E-state index in [0.717, 1.165) is 13.0 Å². The Balaban J connectivity index is 2.29. The van der Waals surface area contributed by atoms with E-state index in [1.165, 1.54) is 11.8 Å². The number of aromatic nitrogens is 2. The molecule has 0 aliphatic carbocycles. The highest BCUT2D eigenvalue weighted by atomic mass is 32.2. The minimum absolute atomic E-state index is 0.480. The predicted molar refractivity (Wildman–Crippen MR) is 67.1 cm³/mol. The van der Waals surface area contributed by atoms with Crippen molar-refractivity contribution in [3.05, 3.63) is 18.5 Å². The minimum atomic E-state index is -0.798. The van der Waals surface area contributed by atoms with Gasteiger partial charge in [-0.1, -0.05) is 18.7 Å². The molecule has 0 fully saturated rings. The largest absolute Gasteiger partial charge is 0.480 e. The molecule has 6 heteroatoms. The fourth-order valence-corrected chi connectivity index (χ4v) is 2.07. The van der Waals surface area contributed by atoms with Crippen LogP contribution in [0.1, 0.15) is 19.8 Å². The summed E-state index contributed by atoms with van der Waals surface area (Å²) in [5.74, 6) is -0.106. The summed E-state index contributed by atoms with van der Waals surface area (Å²) in [6, 6.07) is 1.28. The van der Waals surface area contributed by atoms with Gasteiger partial charge in [-0.05, 0) is 25.5 Å². The second-order valence-corrected chi connectivity index (χ2v) is 4.58. The van der Waals surface area contributed by atoms with E-state index in [1.807, 2.05) is 6.92 Å². The Hall–Kier alpha value is -1.14. The van der Waals surface area contributed by atoms with Crippen LogP contribution in [0.5, 0.6) is 0 Å². The molecular formula is C11H17N3O2S. The summed E-state index contributed by atoms with van der Waals surface area (Å²) in [6.07, 6.45) is 4.86. The monoisotopic (exact) mass is 255 g/mol. The SMILES string of the molecule is CCCNC(CCSc1ncccn1)C(=O)O. The van der Waals surface area contributed by atoms with E-state index < -0.39 is 12.0 Å². The van der Waals surface area contributed by atoms with E-state index >= 15 is 0 Å². The lowest BCUT2D eigenvalue weighted by molar-refractivity contribution is -0.139. The van der Waals surface area contributed by atoms with Crippen LogP contribution in [0.4, 0.5) is 0 Å². The molecule has 94 valence electrons. The van der Waals surface area contributed by atoms with Crippen molar-refractivity contribution in [2.45, 2.75) is 31.0 Å². The number of carbonyl (C=O) groups is 1. The van der Waals surface area contributed by atoms with Gasteiger partial charge < -0.3 is 10.4 Å². The first-order valence-electron chi connectivity index (χ1n) is 5.60. The van der Waals surface area contributed by atoms with Gasteiger partial charge >= 0.3 is 5.97 Å². The summed E-state index contributed by atoms with van der Waals surface area (Å²) in [5, 5.41) is 12.7. The first-order valence-corrected chi connectivity index (χ1v) is 6.58. The van der Waals surface area contributed by atoms with E-state index in [2.05, 4.69) is 15.3 Å². The lowest BCUT2D eigenvalue weighted by atomic mass is 10.2. The molecule has 0 saturated heterocycles. The summed E-state index contributed by atoms with van der Waals surface area (Å²) >= 11 is 1.47. The Morgan fingerprint density at radius 1 is 1.53 bits per heavy atom. The number of carboxylic acids is 1. The maximum atomic E-state index is 10.9. The molecule has 0 radical (unpaired) electrons. The maximum Gasteiger partial charge on any atom is 0.320 e. The molecule has 0 aliphatic rings. The Kier molecular flexibility index (Phi) is 6.57. The minimum Gasteiger partial charge on any atom is -0.480 e. The molecule has 5 nitrogen and oxygen atoms in total. The average Bonchev–Trinajstić information content (AvgIpc) is 2.34. The number of thioether (sulfide) groups is 1. The molecule has 1 unspecified atom stereocenters. The number of hydrogen-bond donors (Lipinski definition) is 2. The maximum absolute atomic E-state index is 10.9. The summed E-state index contributed by atoms with van der Waals surface area (Å²) in [7, 11) is 0. The molecule has 0 bridgehead atoms. The number of hydrogen-bond acceptors (Lipinski definition) is 5. The van der Waals surface area contributed by atoms with Crippen molar-refractivity contribution in [1.29, 1.82) is 0 Å². The molecule has 1 aromatic rings. The van der Waals surface area contributed by atoms with Gasteiger partial charge in [0.2, 0.25) is 0 Å². The van der Waals surface area contributed by atoms with Crippen LogP contribution in [-0.4, -0.2) is 39.4 Å². The van der Waals surface area contributed by atoms with Crippen LogP contribution in [-0.2, 0) is 4.79 Å². The third-order valence-corrected chi connectivity index (χ3v) is 3.03. The van der Waals surface area contributed by atoms with Crippen molar-refractivity contribution in [3.63, 3.8) is 0 Å². The zero-order valence-electron chi connectivity index (χ0n) is 9.80. The summed E-state index contributed by atoms with van der Waals surface area (Å²) < 4.78 is 0. The quantitative estimate of drug-likeness (QED) is 0.540. The zero-order valence-corrected chi connectivity index (χ0v) is 10.6. The number of rotatable bonds is 8. The highest BCUT2D eigenvalue weighted by Gasteiger charge is 2.15. The molecule has 0 aliphatic heterocycles. The number of carboxylic acid groups (broad SMARTS) is 1. The highest BCUT2D eigenvalue weighted by Crippen LogP contribution is 2.13. The lowest BCUT2D eigenvalue weighted by Gasteiger charge is -2.12. The van der Waals surface area contributed by atoms with Crippen molar-refractivity contribution < 1.29 is 9.90 Å². The van der Waals surface area contributed by atoms with Crippen molar-refractivity contribution in [1.82, 2.24) is 15.3 Å². The molecule has 0 aromatic carbocycles. The lowest BCUT2D eigenvalue weighted by Crippen LogP contribution is -2.37. The molecule has 17 heavy (non-hydrogen) atoms. The van der Waals surface area contributed by atoms with E-state index in [-0.39, 0.29) is 0 Å². The van der Waals surface area contributed by atoms with Crippen LogP contribution in [0.2, 0.25) is 0 Å². The molecule has 1 rings (SSSR count). The van der Waals surface area contributed by atoms with Crippen LogP contribution < -0.4 is 5.32 Å². The predicted octanol–water partition coefficient (Wildman–Crippen LogP) is 1.41. The van der Waals surface area contributed by atoms with Crippen LogP contribution in [0.15, 0.2) is 23.6 Å². The fraction of sp³-hybridized carbons (Fsp3) is 0.545. The molecule has 1 atom stereocenters. The third-order valence-electron chi connectivity index (χ3n) is 2.12. The molecule has 0 saturated carbocycles. The van der Waals surface area contributed by atoms with Crippen LogP contribution in [0.3, 0.4) is 0 Å². The summed E-state index contributed by atoms with van der Waals surface area (Å²) in [6.45, 7) is 2.74. The number of nitrogens with one attached hydrogen (secondary N) is 1. The Morgan fingerprint density at radius 3 is 2.82 bits per heavy atom. The second kappa shape index (κ2) is 8.03. The van der Waals surface area contributed by atoms with E-state index in [4.69, 9.17) is 5.11 Å². The molecule has 0 spiro atoms. The first-order chi connectivity index (χ1) is 8.24. The standard InChI is InChI=1S/C11H17N3O2S/c1-2-5-12-9(10(15)16)4-8-17-11-13-6-3-7-14-11/h3,6-7,9,12H,2,4-5,8H2,1H3,(H,15,16). The van der Waals surface area contributed by atoms with Crippen molar-refractivity contribution >= 4 is 17.7 Å². The molecule has 1 heterocycles. The molecule has 0 amide bonds. The van der Waals surface area contributed by atoms with Gasteiger partial charge in [-0.2, -0.15) is 0 Å². The van der Waals surface area contributed by atoms with Gasteiger partial charge in [0.1, 0.15) is 6.04 Å². The van der Waals surface area contributed by atoms with E-state index in [9.17, 15) is 4.79 Å². The molecule has 1 aromatic heterocycles. The van der Waals surface area contributed by atoms with Crippen LogP contribution in [0, 0.1) is 0 Å². The van der Waals surface area contributed by atoms with E-state index in [0.29, 0.717) is 17.3 Å². The van der Waals surface area contributed by atoms with Crippen molar-refractivity contribution in [2.75, 3.05) is 12.3 Å². The van der Waals surface area contributed by atoms with Gasteiger partial charge in [-0.25, -0.2) is 9.97 Å². The second-order valence-electron chi connectivity index (χ2n) is 3.51. The summed E-state index contributed by atoms with van der Waals surface area (Å²) in [5.41, 5.74) is 0. The third kappa shape index (κ3) is 5.65. The van der Waals surface area contributed by atoms with Crippen molar-refractivity contribution in [3.8, 4) is 0 Å².